The fourth-order valence-corrected chi connectivity index (χ4v) is 5.33. The number of alkyl halides is 3. The van der Waals surface area contributed by atoms with Crippen LogP contribution in [0.4, 0.5) is 18.9 Å². The van der Waals surface area contributed by atoms with Gasteiger partial charge in [0.05, 0.1) is 37.0 Å². The minimum atomic E-state index is -4.46. The van der Waals surface area contributed by atoms with Gasteiger partial charge in [0, 0.05) is 51.5 Å². The van der Waals surface area contributed by atoms with Crippen molar-refractivity contribution < 1.29 is 31.9 Å². The Morgan fingerprint density at radius 2 is 1.89 bits per heavy atom. The van der Waals surface area contributed by atoms with E-state index in [0.29, 0.717) is 50.6 Å². The third kappa shape index (κ3) is 5.08. The lowest BCUT2D eigenvalue weighted by molar-refractivity contribution is -0.137. The smallest absolute Gasteiger partial charge is 0.416 e. The third-order valence-corrected chi connectivity index (χ3v) is 7.23. The van der Waals surface area contributed by atoms with Crippen LogP contribution in [-0.2, 0) is 22.1 Å². The van der Waals surface area contributed by atoms with Crippen molar-refractivity contribution >= 4 is 17.5 Å². The van der Waals surface area contributed by atoms with Gasteiger partial charge in [-0.3, -0.25) is 14.5 Å². The lowest BCUT2D eigenvalue weighted by Crippen LogP contribution is -2.62. The molecule has 11 heteroatoms. The molecule has 0 radical (unpaired) electrons. The number of anilines is 1. The molecule has 194 valence electrons. The Balaban J connectivity index is 1.36. The molecule has 2 amide bonds. The first-order valence-corrected chi connectivity index (χ1v) is 12.2. The first kappa shape index (κ1) is 24.6. The van der Waals surface area contributed by atoms with E-state index >= 15 is 0 Å². The van der Waals surface area contributed by atoms with E-state index in [9.17, 15) is 22.8 Å². The van der Waals surface area contributed by atoms with E-state index in [0.717, 1.165) is 25.2 Å². The minimum Gasteiger partial charge on any atom is -0.459 e. The number of carbonyl (C=O) groups is 2. The zero-order valence-electron chi connectivity index (χ0n) is 19.8. The third-order valence-electron chi connectivity index (χ3n) is 7.23. The van der Waals surface area contributed by atoms with Crippen LogP contribution in [0.5, 0.6) is 0 Å². The molecule has 3 aliphatic heterocycles. The summed E-state index contributed by atoms with van der Waals surface area (Å²) in [7, 11) is 0. The molecule has 3 aliphatic rings. The molecule has 1 N–H and O–H groups in total. The van der Waals surface area contributed by atoms with E-state index in [1.54, 1.807) is 17.0 Å². The number of nitrogens with one attached hydrogen (secondary N) is 1. The molecule has 2 fully saturated rings. The van der Waals surface area contributed by atoms with E-state index in [4.69, 9.17) is 9.15 Å². The van der Waals surface area contributed by atoms with Crippen molar-refractivity contribution in [3.8, 4) is 0 Å². The number of fused-ring (bicyclic) bond motifs is 3. The number of carbonyl (C=O) groups excluding carboxylic acids is 2. The summed E-state index contributed by atoms with van der Waals surface area (Å²) < 4.78 is 50.8. The quantitative estimate of drug-likeness (QED) is 0.671. The fraction of sp³-hybridized carbons (Fsp3) is 0.520. The molecule has 0 bridgehead atoms. The zero-order chi connectivity index (χ0) is 25.3. The molecule has 0 saturated carbocycles. The highest BCUT2D eigenvalue weighted by Crippen LogP contribution is 2.40. The van der Waals surface area contributed by atoms with Crippen molar-refractivity contribution in [2.24, 2.45) is 5.92 Å². The molecule has 0 spiro atoms. The largest absolute Gasteiger partial charge is 0.459 e. The molecule has 5 rings (SSSR count). The number of morpholine rings is 1. The summed E-state index contributed by atoms with van der Waals surface area (Å²) in [5, 5.41) is 2.99. The van der Waals surface area contributed by atoms with Crippen molar-refractivity contribution in [2.45, 2.75) is 18.6 Å². The van der Waals surface area contributed by atoms with Gasteiger partial charge in [0.15, 0.2) is 5.76 Å². The minimum absolute atomic E-state index is 0.173. The van der Waals surface area contributed by atoms with Gasteiger partial charge in [0.2, 0.25) is 5.91 Å². The second-order valence-corrected chi connectivity index (χ2v) is 9.39. The van der Waals surface area contributed by atoms with Gasteiger partial charge < -0.3 is 24.3 Å². The van der Waals surface area contributed by atoms with Crippen LogP contribution in [0.3, 0.4) is 0 Å². The monoisotopic (exact) mass is 506 g/mol. The maximum absolute atomic E-state index is 13.4. The number of piperazine rings is 1. The molecule has 1 aromatic carbocycles. The van der Waals surface area contributed by atoms with E-state index < -0.39 is 17.7 Å². The van der Waals surface area contributed by atoms with Gasteiger partial charge in [0.1, 0.15) is 0 Å². The summed E-state index contributed by atoms with van der Waals surface area (Å²) in [5.41, 5.74) is 0.466. The van der Waals surface area contributed by atoms with Gasteiger partial charge in [0.25, 0.3) is 5.91 Å². The first-order valence-electron chi connectivity index (χ1n) is 12.2. The van der Waals surface area contributed by atoms with Crippen molar-refractivity contribution in [2.75, 3.05) is 63.9 Å². The molecule has 4 heterocycles. The summed E-state index contributed by atoms with van der Waals surface area (Å²) in [6.07, 6.45) is -2.86. The first-order chi connectivity index (χ1) is 17.3. The Morgan fingerprint density at radius 1 is 1.08 bits per heavy atom. The number of amides is 2. The Morgan fingerprint density at radius 3 is 2.61 bits per heavy atom. The summed E-state index contributed by atoms with van der Waals surface area (Å²) in [6.45, 7) is 5.09. The average Bonchev–Trinajstić information content (AvgIpc) is 3.42. The van der Waals surface area contributed by atoms with E-state index in [-0.39, 0.29) is 36.6 Å². The standard InChI is InChI=1S/C25H29F3N4O4/c26-25(27,28)18-3-4-20-17(14-18)15-19(23(33)29-5-6-30-9-12-35-13-10-30)21-16-31(7-8-32(20)21)24(34)22-2-1-11-36-22/h1-4,11,14,19,21H,5-10,12-13,15-16H2,(H,29,33)/t19-,21-/m1/s1. The van der Waals surface area contributed by atoms with Crippen LogP contribution in [0, 0.1) is 5.92 Å². The molecule has 0 aliphatic carbocycles. The molecule has 2 saturated heterocycles. The van der Waals surface area contributed by atoms with Crippen LogP contribution in [0.25, 0.3) is 0 Å². The highest BCUT2D eigenvalue weighted by atomic mass is 19.4. The topological polar surface area (TPSA) is 78.3 Å². The molecule has 36 heavy (non-hydrogen) atoms. The van der Waals surface area contributed by atoms with Crippen molar-refractivity contribution in [1.29, 1.82) is 0 Å². The maximum atomic E-state index is 13.4. The van der Waals surface area contributed by atoms with Crippen molar-refractivity contribution in [1.82, 2.24) is 15.1 Å². The van der Waals surface area contributed by atoms with Crippen molar-refractivity contribution in [3.63, 3.8) is 0 Å². The Hall–Kier alpha value is -3.05. The molecule has 2 atom stereocenters. The zero-order valence-corrected chi connectivity index (χ0v) is 19.8. The molecular weight excluding hydrogens is 477 g/mol. The molecule has 0 unspecified atom stereocenters. The lowest BCUT2D eigenvalue weighted by atomic mass is 9.82. The van der Waals surface area contributed by atoms with E-state index in [2.05, 4.69) is 10.2 Å². The highest BCUT2D eigenvalue weighted by Gasteiger charge is 2.43. The van der Waals surface area contributed by atoms with Crippen LogP contribution in [0.2, 0.25) is 0 Å². The van der Waals surface area contributed by atoms with E-state index in [1.807, 2.05) is 4.90 Å². The number of halogens is 3. The van der Waals surface area contributed by atoms with Crippen molar-refractivity contribution in [3.05, 3.63) is 53.5 Å². The molecule has 1 aromatic heterocycles. The van der Waals surface area contributed by atoms with E-state index in [1.165, 1.54) is 12.3 Å². The van der Waals surface area contributed by atoms with Crippen LogP contribution in [0.15, 0.2) is 41.0 Å². The summed E-state index contributed by atoms with van der Waals surface area (Å²) in [5.74, 6) is -0.850. The average molecular weight is 507 g/mol. The van der Waals surface area contributed by atoms with Gasteiger partial charge in [-0.15, -0.1) is 0 Å². The number of hydrogen-bond acceptors (Lipinski definition) is 6. The van der Waals surface area contributed by atoms with Gasteiger partial charge in [-0.2, -0.15) is 13.2 Å². The second kappa shape index (κ2) is 10.1. The molecule has 2 aromatic rings. The normalized spacial score (nSPS) is 22.6. The maximum Gasteiger partial charge on any atom is 0.416 e. The number of benzene rings is 1. The summed E-state index contributed by atoms with van der Waals surface area (Å²) in [4.78, 5) is 32.1. The molecule has 8 nitrogen and oxygen atoms in total. The predicted molar refractivity (Wildman–Crippen MR) is 125 cm³/mol. The van der Waals surface area contributed by atoms with Gasteiger partial charge in [-0.05, 0) is 42.3 Å². The lowest BCUT2D eigenvalue weighted by Gasteiger charge is -2.49. The predicted octanol–water partition coefficient (Wildman–Crippen LogP) is 2.25. The highest BCUT2D eigenvalue weighted by molar-refractivity contribution is 5.92. The van der Waals surface area contributed by atoms with Gasteiger partial charge >= 0.3 is 6.18 Å². The van der Waals surface area contributed by atoms with Crippen LogP contribution in [-0.4, -0.2) is 86.7 Å². The number of hydrogen-bond donors (Lipinski definition) is 1. The number of ether oxygens (including phenoxy) is 1. The molecular formula is C25H29F3N4O4. The van der Waals surface area contributed by atoms with Gasteiger partial charge in [-0.25, -0.2) is 0 Å². The number of rotatable bonds is 5. The summed E-state index contributed by atoms with van der Waals surface area (Å²) in [6, 6.07) is 6.61. The summed E-state index contributed by atoms with van der Waals surface area (Å²) >= 11 is 0. The second-order valence-electron chi connectivity index (χ2n) is 9.39. The van der Waals surface area contributed by atoms with Crippen LogP contribution >= 0.6 is 0 Å². The Labute approximate surface area is 207 Å². The van der Waals surface area contributed by atoms with Gasteiger partial charge in [-0.1, -0.05) is 0 Å². The number of furan rings is 1. The SMILES string of the molecule is O=C(NCCN1CCOCC1)[C@@H]1Cc2cc(C(F)(F)F)ccc2N2CCN(C(=O)c3ccco3)C[C@H]12. The van der Waals surface area contributed by atoms with Crippen LogP contribution < -0.4 is 10.2 Å². The fourth-order valence-electron chi connectivity index (χ4n) is 5.33. The number of nitrogens with zero attached hydrogens (tertiary/aromatic N) is 3. The Kier molecular flexibility index (Phi) is 6.94. The van der Waals surface area contributed by atoms with Crippen LogP contribution in [0.1, 0.15) is 21.7 Å². The Bertz CT molecular complexity index is 1090.